The summed E-state index contributed by atoms with van der Waals surface area (Å²) in [6.07, 6.45) is 0. The Morgan fingerprint density at radius 1 is 1.16 bits per heavy atom. The first-order valence-corrected chi connectivity index (χ1v) is 9.14. The van der Waals surface area contributed by atoms with Crippen molar-refractivity contribution in [3.63, 3.8) is 0 Å². The maximum absolute atomic E-state index is 12.9. The van der Waals surface area contributed by atoms with E-state index in [-0.39, 0.29) is 12.1 Å². The molecular weight excluding hydrogens is 332 g/mol. The van der Waals surface area contributed by atoms with Crippen molar-refractivity contribution < 1.29 is 4.79 Å². The highest BCUT2D eigenvalue weighted by molar-refractivity contribution is 7.22. The van der Waals surface area contributed by atoms with E-state index in [0.29, 0.717) is 18.2 Å². The van der Waals surface area contributed by atoms with Crippen molar-refractivity contribution in [2.24, 2.45) is 0 Å². The van der Waals surface area contributed by atoms with E-state index in [0.717, 1.165) is 15.8 Å². The molecule has 1 atom stereocenters. The summed E-state index contributed by atoms with van der Waals surface area (Å²) < 4.78 is 1.08. The van der Waals surface area contributed by atoms with Crippen molar-refractivity contribution >= 4 is 32.7 Å². The molecule has 0 spiro atoms. The van der Waals surface area contributed by atoms with Crippen LogP contribution in [0.3, 0.4) is 0 Å². The molecule has 1 aromatic heterocycles. The molecule has 25 heavy (non-hydrogen) atoms. The fraction of sp³-hybridized carbons (Fsp3) is 0.263. The number of carbonyl (C=O) groups excluding carboxylic acids is 1. The summed E-state index contributed by atoms with van der Waals surface area (Å²) in [5, 5.41) is 6.89. The van der Waals surface area contributed by atoms with Gasteiger partial charge in [-0.1, -0.05) is 53.8 Å². The molecule has 0 bridgehead atoms. The second-order valence-electron chi connectivity index (χ2n) is 5.80. The number of aromatic nitrogens is 1. The Labute approximate surface area is 151 Å². The largest absolute Gasteiger partial charge is 0.331 e. The Hall–Kier alpha value is -2.44. The predicted molar refractivity (Wildman–Crippen MR) is 104 cm³/mol. The summed E-state index contributed by atoms with van der Waals surface area (Å²) in [4.78, 5) is 19.2. The monoisotopic (exact) mass is 354 g/mol. The van der Waals surface area contributed by atoms with Crippen molar-refractivity contribution in [1.82, 2.24) is 15.6 Å². The van der Waals surface area contributed by atoms with Crippen molar-refractivity contribution in [2.75, 3.05) is 25.0 Å². The highest BCUT2D eigenvalue weighted by Gasteiger charge is 2.21. The Morgan fingerprint density at radius 3 is 2.60 bits per heavy atom. The summed E-state index contributed by atoms with van der Waals surface area (Å²) >= 11 is 1.53. The van der Waals surface area contributed by atoms with Crippen LogP contribution >= 0.6 is 11.3 Å². The smallest absolute Gasteiger partial charge is 0.324 e. The van der Waals surface area contributed by atoms with E-state index in [2.05, 4.69) is 15.6 Å². The predicted octanol–water partition coefficient (Wildman–Crippen LogP) is 3.79. The van der Waals surface area contributed by atoms with Crippen LogP contribution in [0.5, 0.6) is 0 Å². The first kappa shape index (κ1) is 17.4. The van der Waals surface area contributed by atoms with Crippen molar-refractivity contribution in [3.8, 4) is 0 Å². The first-order chi connectivity index (χ1) is 12.2. The average Bonchev–Trinajstić information content (AvgIpc) is 3.06. The van der Waals surface area contributed by atoms with Gasteiger partial charge in [-0.2, -0.15) is 0 Å². The maximum atomic E-state index is 12.9. The zero-order valence-corrected chi connectivity index (χ0v) is 15.2. The van der Waals surface area contributed by atoms with Gasteiger partial charge in [0, 0.05) is 13.1 Å². The van der Waals surface area contributed by atoms with Crippen LogP contribution in [0.1, 0.15) is 18.5 Å². The third-order valence-electron chi connectivity index (χ3n) is 3.98. The Balaban J connectivity index is 1.80. The van der Waals surface area contributed by atoms with Crippen LogP contribution in [0.4, 0.5) is 9.93 Å². The summed E-state index contributed by atoms with van der Waals surface area (Å²) in [5.74, 6) is 0. The van der Waals surface area contributed by atoms with Crippen LogP contribution < -0.4 is 15.5 Å². The summed E-state index contributed by atoms with van der Waals surface area (Å²) in [6, 6.07) is 17.7. The van der Waals surface area contributed by atoms with E-state index in [1.54, 1.807) is 4.90 Å². The van der Waals surface area contributed by atoms with Crippen LogP contribution in [0.25, 0.3) is 10.2 Å². The van der Waals surface area contributed by atoms with E-state index in [1.807, 2.05) is 68.6 Å². The normalized spacial score (nSPS) is 12.1. The molecule has 0 saturated heterocycles. The van der Waals surface area contributed by atoms with Gasteiger partial charge in [0.05, 0.1) is 16.3 Å². The van der Waals surface area contributed by atoms with Gasteiger partial charge in [0.2, 0.25) is 0 Å². The SMILES string of the molecule is CNCCN(C(=O)N[C@H](C)c1ccccc1)c1nc2ccccc2s1. The standard InChI is InChI=1S/C19H22N4OS/c1-14(15-8-4-3-5-9-15)21-18(24)23(13-12-20-2)19-22-16-10-6-7-11-17(16)25-19/h3-11,14,20H,12-13H2,1-2H3,(H,21,24)/t14-/m1/s1. The lowest BCUT2D eigenvalue weighted by molar-refractivity contribution is 0.243. The molecule has 0 radical (unpaired) electrons. The van der Waals surface area contributed by atoms with Gasteiger partial charge in [0.15, 0.2) is 5.13 Å². The second-order valence-corrected chi connectivity index (χ2v) is 6.81. The lowest BCUT2D eigenvalue weighted by atomic mass is 10.1. The molecule has 0 aliphatic rings. The Kier molecular flexibility index (Phi) is 5.63. The molecule has 5 nitrogen and oxygen atoms in total. The summed E-state index contributed by atoms with van der Waals surface area (Å²) in [6.45, 7) is 3.24. The third kappa shape index (κ3) is 4.15. The molecule has 3 rings (SSSR count). The van der Waals surface area contributed by atoms with Gasteiger partial charge in [-0.05, 0) is 31.7 Å². The zero-order valence-electron chi connectivity index (χ0n) is 14.4. The lowest BCUT2D eigenvalue weighted by Gasteiger charge is -2.23. The average molecular weight is 354 g/mol. The minimum atomic E-state index is -0.134. The number of fused-ring (bicyclic) bond motifs is 1. The maximum Gasteiger partial charge on any atom is 0.324 e. The number of rotatable bonds is 6. The van der Waals surface area contributed by atoms with Gasteiger partial charge in [0.25, 0.3) is 0 Å². The van der Waals surface area contributed by atoms with E-state index < -0.39 is 0 Å². The van der Waals surface area contributed by atoms with Gasteiger partial charge in [0.1, 0.15) is 0 Å². The molecule has 0 fully saturated rings. The van der Waals surface area contributed by atoms with E-state index in [9.17, 15) is 4.79 Å². The molecule has 0 unspecified atom stereocenters. The van der Waals surface area contributed by atoms with Gasteiger partial charge >= 0.3 is 6.03 Å². The van der Waals surface area contributed by atoms with Crippen molar-refractivity contribution in [2.45, 2.75) is 13.0 Å². The molecule has 0 aliphatic carbocycles. The number of benzene rings is 2. The fourth-order valence-corrected chi connectivity index (χ4v) is 3.56. The first-order valence-electron chi connectivity index (χ1n) is 8.32. The number of likely N-dealkylation sites (N-methyl/N-ethyl adjacent to an activating group) is 1. The number of carbonyl (C=O) groups is 1. The molecule has 0 saturated carbocycles. The topological polar surface area (TPSA) is 57.3 Å². The molecule has 2 N–H and O–H groups in total. The summed E-state index contributed by atoms with van der Waals surface area (Å²) in [7, 11) is 1.88. The van der Waals surface area contributed by atoms with Crippen LogP contribution in [0.15, 0.2) is 54.6 Å². The van der Waals surface area contributed by atoms with Crippen molar-refractivity contribution in [3.05, 3.63) is 60.2 Å². The van der Waals surface area contributed by atoms with E-state index >= 15 is 0 Å². The minimum Gasteiger partial charge on any atom is -0.331 e. The molecule has 1 heterocycles. The number of anilines is 1. The zero-order chi connectivity index (χ0) is 17.6. The van der Waals surface area contributed by atoms with Gasteiger partial charge in [-0.15, -0.1) is 0 Å². The number of hydrogen-bond acceptors (Lipinski definition) is 4. The molecule has 0 aliphatic heterocycles. The van der Waals surface area contributed by atoms with Crippen LogP contribution in [-0.2, 0) is 0 Å². The number of thiazole rings is 1. The summed E-state index contributed by atoms with van der Waals surface area (Å²) in [5.41, 5.74) is 1.99. The number of amides is 2. The van der Waals surface area contributed by atoms with E-state index in [1.165, 1.54) is 11.3 Å². The third-order valence-corrected chi connectivity index (χ3v) is 5.04. The molecule has 3 aromatic rings. The fourth-order valence-electron chi connectivity index (χ4n) is 2.57. The Morgan fingerprint density at radius 2 is 1.88 bits per heavy atom. The quantitative estimate of drug-likeness (QED) is 0.708. The second kappa shape index (κ2) is 8.09. The number of nitrogens with one attached hydrogen (secondary N) is 2. The number of nitrogens with zero attached hydrogens (tertiary/aromatic N) is 2. The molecule has 6 heteroatoms. The van der Waals surface area contributed by atoms with Crippen LogP contribution in [0.2, 0.25) is 0 Å². The molecule has 2 aromatic carbocycles. The molecular formula is C19H22N4OS. The number of urea groups is 1. The highest BCUT2D eigenvalue weighted by Crippen LogP contribution is 2.28. The number of hydrogen-bond donors (Lipinski definition) is 2. The minimum absolute atomic E-state index is 0.0693. The van der Waals surface area contributed by atoms with Gasteiger partial charge in [-0.25, -0.2) is 9.78 Å². The van der Waals surface area contributed by atoms with Crippen LogP contribution in [0, 0.1) is 0 Å². The Bertz CT molecular complexity index is 801. The number of para-hydroxylation sites is 1. The van der Waals surface area contributed by atoms with Gasteiger partial charge in [-0.3, -0.25) is 4.90 Å². The van der Waals surface area contributed by atoms with E-state index in [4.69, 9.17) is 0 Å². The van der Waals surface area contributed by atoms with Crippen LogP contribution in [-0.4, -0.2) is 31.2 Å². The van der Waals surface area contributed by atoms with Crippen molar-refractivity contribution in [1.29, 1.82) is 0 Å². The molecule has 130 valence electrons. The molecule has 2 amide bonds. The highest BCUT2D eigenvalue weighted by atomic mass is 32.1. The van der Waals surface area contributed by atoms with Gasteiger partial charge < -0.3 is 10.6 Å². The lowest BCUT2D eigenvalue weighted by Crippen LogP contribution is -2.44.